The van der Waals surface area contributed by atoms with Gasteiger partial charge in [0.15, 0.2) is 5.82 Å². The number of hydrogen-bond donors (Lipinski definition) is 0. The van der Waals surface area contributed by atoms with Gasteiger partial charge in [-0.05, 0) is 33.5 Å². The normalized spacial score (nSPS) is 19.2. The average Bonchev–Trinajstić information content (AvgIpc) is 3.24. The van der Waals surface area contributed by atoms with E-state index in [9.17, 15) is 0 Å². The lowest BCUT2D eigenvalue weighted by Gasteiger charge is -2.21. The minimum atomic E-state index is 0.0587. The Morgan fingerprint density at radius 3 is 3.04 bits per heavy atom. The van der Waals surface area contributed by atoms with Crippen molar-refractivity contribution in [1.82, 2.24) is 24.9 Å². The molecule has 1 saturated heterocycles. The lowest BCUT2D eigenvalue weighted by atomic mass is 10.3. The zero-order chi connectivity index (χ0) is 18.5. The van der Waals surface area contributed by atoms with Crippen molar-refractivity contribution in [3.63, 3.8) is 0 Å². The van der Waals surface area contributed by atoms with E-state index in [-0.39, 0.29) is 12.1 Å². The Morgan fingerprint density at radius 1 is 1.42 bits per heavy atom. The molecule has 1 fully saturated rings. The maximum absolute atomic E-state index is 6.17. The fourth-order valence-electron chi connectivity index (χ4n) is 3.12. The first kappa shape index (κ1) is 18.8. The predicted octanol–water partition coefficient (Wildman–Crippen LogP) is 1.89. The minimum absolute atomic E-state index is 0.0587. The molecule has 8 heteroatoms. The Hall–Kier alpha value is -2.03. The molecule has 2 unspecified atom stereocenters. The van der Waals surface area contributed by atoms with Gasteiger partial charge in [0.1, 0.15) is 18.5 Å². The maximum Gasteiger partial charge on any atom is 0.243 e. The van der Waals surface area contributed by atoms with E-state index in [4.69, 9.17) is 14.0 Å². The summed E-state index contributed by atoms with van der Waals surface area (Å²) in [7, 11) is 5.67. The fourth-order valence-corrected chi connectivity index (χ4v) is 3.12. The highest BCUT2D eigenvalue weighted by Crippen LogP contribution is 2.26. The predicted molar refractivity (Wildman–Crippen MR) is 95.7 cm³/mol. The molecule has 26 heavy (non-hydrogen) atoms. The van der Waals surface area contributed by atoms with Crippen LogP contribution < -0.4 is 4.74 Å². The summed E-state index contributed by atoms with van der Waals surface area (Å²) in [6.45, 7) is 5.00. The lowest BCUT2D eigenvalue weighted by molar-refractivity contribution is 0.164. The molecule has 8 nitrogen and oxygen atoms in total. The number of methoxy groups -OCH3 is 1. The van der Waals surface area contributed by atoms with Crippen LogP contribution in [0.1, 0.15) is 36.8 Å². The van der Waals surface area contributed by atoms with E-state index in [0.29, 0.717) is 18.3 Å². The molecule has 0 spiro atoms. The van der Waals surface area contributed by atoms with Crippen molar-refractivity contribution in [3.05, 3.63) is 35.7 Å². The van der Waals surface area contributed by atoms with Crippen LogP contribution in [0.3, 0.4) is 0 Å². The summed E-state index contributed by atoms with van der Waals surface area (Å²) in [6, 6.07) is 3.99. The van der Waals surface area contributed by atoms with Crippen molar-refractivity contribution in [3.8, 4) is 5.75 Å². The third-order valence-electron chi connectivity index (χ3n) is 4.41. The lowest BCUT2D eigenvalue weighted by Crippen LogP contribution is -2.27. The first-order valence-corrected chi connectivity index (χ1v) is 8.87. The SMILES string of the molecule is COCc1noc(C(C)N2CCC(Oc3ccnc(CN(C)C)c3)C2)n1. The second-order valence-electron chi connectivity index (χ2n) is 6.90. The van der Waals surface area contributed by atoms with E-state index in [1.807, 2.05) is 26.2 Å². The van der Waals surface area contributed by atoms with Crippen molar-refractivity contribution in [2.45, 2.75) is 38.6 Å². The molecule has 3 rings (SSSR count). The maximum atomic E-state index is 6.17. The van der Waals surface area contributed by atoms with E-state index >= 15 is 0 Å². The Morgan fingerprint density at radius 2 is 2.27 bits per heavy atom. The second kappa shape index (κ2) is 8.57. The zero-order valence-corrected chi connectivity index (χ0v) is 15.9. The molecule has 0 radical (unpaired) electrons. The van der Waals surface area contributed by atoms with Crippen LogP contribution in [0.4, 0.5) is 0 Å². The number of likely N-dealkylation sites (tertiary alicyclic amines) is 1. The highest BCUT2D eigenvalue weighted by molar-refractivity contribution is 5.23. The van der Waals surface area contributed by atoms with Crippen LogP contribution in [0, 0.1) is 0 Å². The monoisotopic (exact) mass is 361 g/mol. The van der Waals surface area contributed by atoms with Crippen LogP contribution in [0.25, 0.3) is 0 Å². The number of ether oxygens (including phenoxy) is 2. The van der Waals surface area contributed by atoms with Gasteiger partial charge < -0.3 is 18.9 Å². The van der Waals surface area contributed by atoms with Crippen LogP contribution >= 0.6 is 0 Å². The average molecular weight is 361 g/mol. The van der Waals surface area contributed by atoms with Gasteiger partial charge in [0, 0.05) is 39.0 Å². The van der Waals surface area contributed by atoms with Gasteiger partial charge in [-0.25, -0.2) is 0 Å². The third-order valence-corrected chi connectivity index (χ3v) is 4.41. The molecule has 142 valence electrons. The van der Waals surface area contributed by atoms with Gasteiger partial charge in [0.2, 0.25) is 5.89 Å². The largest absolute Gasteiger partial charge is 0.489 e. The molecule has 3 heterocycles. The van der Waals surface area contributed by atoms with Gasteiger partial charge >= 0.3 is 0 Å². The Labute approximate surface area is 154 Å². The standard InChI is InChI=1S/C18H27N5O3/c1-13(18-20-17(12-24-4)21-26-18)23-8-6-16(11-23)25-15-5-7-19-14(9-15)10-22(2)3/h5,7,9,13,16H,6,8,10-12H2,1-4H3. The van der Waals surface area contributed by atoms with Gasteiger partial charge in [-0.2, -0.15) is 4.98 Å². The van der Waals surface area contributed by atoms with Crippen molar-refractivity contribution < 1.29 is 14.0 Å². The van der Waals surface area contributed by atoms with Crippen molar-refractivity contribution >= 4 is 0 Å². The molecule has 0 saturated carbocycles. The van der Waals surface area contributed by atoms with Gasteiger partial charge in [-0.1, -0.05) is 5.16 Å². The fraction of sp³-hybridized carbons (Fsp3) is 0.611. The summed E-state index contributed by atoms with van der Waals surface area (Å²) in [6.07, 6.45) is 2.92. The molecule has 1 aliphatic rings. The van der Waals surface area contributed by atoms with Crippen molar-refractivity contribution in [1.29, 1.82) is 0 Å². The molecule has 1 aliphatic heterocycles. The van der Waals surface area contributed by atoms with E-state index in [1.54, 1.807) is 13.3 Å². The Kier molecular flexibility index (Phi) is 6.18. The molecular weight excluding hydrogens is 334 g/mol. The van der Waals surface area contributed by atoms with Crippen molar-refractivity contribution in [2.75, 3.05) is 34.3 Å². The van der Waals surface area contributed by atoms with Crippen LogP contribution in [-0.2, 0) is 17.9 Å². The topological polar surface area (TPSA) is 76.8 Å². The molecule has 0 aliphatic carbocycles. The summed E-state index contributed by atoms with van der Waals surface area (Å²) < 4.78 is 16.6. The van der Waals surface area contributed by atoms with Crippen molar-refractivity contribution in [2.24, 2.45) is 0 Å². The summed E-state index contributed by atoms with van der Waals surface area (Å²) in [5.41, 5.74) is 1.01. The molecule has 0 N–H and O–H groups in total. The highest BCUT2D eigenvalue weighted by atomic mass is 16.5. The zero-order valence-electron chi connectivity index (χ0n) is 15.9. The summed E-state index contributed by atoms with van der Waals surface area (Å²) in [5.74, 6) is 2.07. The summed E-state index contributed by atoms with van der Waals surface area (Å²) >= 11 is 0. The molecule has 2 aromatic heterocycles. The third kappa shape index (κ3) is 4.78. The molecule has 2 atom stereocenters. The van der Waals surface area contributed by atoms with E-state index in [1.165, 1.54) is 0 Å². The van der Waals surface area contributed by atoms with E-state index in [2.05, 4.69) is 31.8 Å². The smallest absolute Gasteiger partial charge is 0.243 e. The van der Waals surface area contributed by atoms with Crippen LogP contribution in [0.5, 0.6) is 5.75 Å². The number of pyridine rings is 1. The first-order chi connectivity index (χ1) is 12.5. The second-order valence-corrected chi connectivity index (χ2v) is 6.90. The molecular formula is C18H27N5O3. The van der Waals surface area contributed by atoms with Crippen LogP contribution in [0.15, 0.2) is 22.9 Å². The number of nitrogens with zero attached hydrogens (tertiary/aromatic N) is 5. The van der Waals surface area contributed by atoms with Gasteiger partial charge in [0.05, 0.1) is 11.7 Å². The quantitative estimate of drug-likeness (QED) is 0.705. The number of rotatable bonds is 8. The first-order valence-electron chi connectivity index (χ1n) is 8.87. The van der Waals surface area contributed by atoms with Gasteiger partial charge in [0.25, 0.3) is 0 Å². The molecule has 0 bridgehead atoms. The molecule has 0 aromatic carbocycles. The highest BCUT2D eigenvalue weighted by Gasteiger charge is 2.30. The molecule has 2 aromatic rings. The Balaban J connectivity index is 1.56. The van der Waals surface area contributed by atoms with Crippen LogP contribution in [0.2, 0.25) is 0 Å². The Bertz CT molecular complexity index is 706. The van der Waals surface area contributed by atoms with Gasteiger partial charge in [-0.3, -0.25) is 9.88 Å². The number of hydrogen-bond acceptors (Lipinski definition) is 8. The molecule has 0 amide bonds. The van der Waals surface area contributed by atoms with Gasteiger partial charge in [-0.15, -0.1) is 0 Å². The van der Waals surface area contributed by atoms with E-state index in [0.717, 1.165) is 37.5 Å². The summed E-state index contributed by atoms with van der Waals surface area (Å²) in [4.78, 5) is 13.2. The minimum Gasteiger partial charge on any atom is -0.489 e. The summed E-state index contributed by atoms with van der Waals surface area (Å²) in [5, 5.41) is 3.94. The number of aromatic nitrogens is 3. The van der Waals surface area contributed by atoms with E-state index < -0.39 is 0 Å². The van der Waals surface area contributed by atoms with Crippen LogP contribution in [-0.4, -0.2) is 65.3 Å².